The van der Waals surface area contributed by atoms with Crippen LogP contribution in [0, 0.1) is 0 Å². The van der Waals surface area contributed by atoms with Gasteiger partial charge in [0.05, 0.1) is 5.75 Å². The predicted octanol–water partition coefficient (Wildman–Crippen LogP) is 1.18. The molecule has 0 radical (unpaired) electrons. The molecule has 0 aliphatic rings. The molecule has 1 N–H and O–H groups in total. The molecule has 0 aromatic rings. The van der Waals surface area contributed by atoms with E-state index in [4.69, 9.17) is 0 Å². The second-order valence-electron chi connectivity index (χ2n) is 2.21. The van der Waals surface area contributed by atoms with Gasteiger partial charge in [0.1, 0.15) is 0 Å². The van der Waals surface area contributed by atoms with Crippen molar-refractivity contribution in [1.29, 1.82) is 0 Å². The van der Waals surface area contributed by atoms with Crippen molar-refractivity contribution >= 4 is 30.3 Å². The molecule has 0 aromatic heterocycles. The highest BCUT2D eigenvalue weighted by atomic mass is 32.2. The minimum atomic E-state index is 0.0254. The summed E-state index contributed by atoms with van der Waals surface area (Å²) in [5, 5.41) is 2.77. The van der Waals surface area contributed by atoms with E-state index in [0.29, 0.717) is 5.75 Å². The summed E-state index contributed by atoms with van der Waals surface area (Å²) in [4.78, 5) is 10.7. The first-order chi connectivity index (χ1) is 5.31. The lowest BCUT2D eigenvalue weighted by Gasteiger charge is -2.01. The van der Waals surface area contributed by atoms with E-state index in [9.17, 15) is 4.79 Å². The number of unbranched alkanes of at least 4 members (excludes halogenated alkanes) is 1. The van der Waals surface area contributed by atoms with Crippen molar-refractivity contribution in [2.75, 3.05) is 24.3 Å². The number of hydrogen-bond donors (Lipinski definition) is 2. The molecule has 0 saturated heterocycles. The predicted molar refractivity (Wildman–Crippen MR) is 54.5 cm³/mol. The van der Waals surface area contributed by atoms with Gasteiger partial charge in [-0.15, -0.1) is 0 Å². The molecule has 2 nitrogen and oxygen atoms in total. The number of carbonyl (C=O) groups is 1. The zero-order chi connectivity index (χ0) is 8.53. The molecular weight excluding hydrogens is 178 g/mol. The lowest BCUT2D eigenvalue weighted by Crippen LogP contribution is -2.25. The Morgan fingerprint density at radius 3 is 2.82 bits per heavy atom. The molecule has 1 amide bonds. The molecule has 4 heteroatoms. The number of amides is 1. The summed E-state index contributed by atoms with van der Waals surface area (Å²) in [6.45, 7) is 0.792. The van der Waals surface area contributed by atoms with Gasteiger partial charge in [0.25, 0.3) is 0 Å². The van der Waals surface area contributed by atoms with Crippen LogP contribution in [0.2, 0.25) is 0 Å². The molecule has 11 heavy (non-hydrogen) atoms. The van der Waals surface area contributed by atoms with Crippen molar-refractivity contribution < 1.29 is 4.79 Å². The van der Waals surface area contributed by atoms with Crippen LogP contribution < -0.4 is 5.32 Å². The van der Waals surface area contributed by atoms with Gasteiger partial charge in [-0.1, -0.05) is 0 Å². The normalized spacial score (nSPS) is 9.64. The van der Waals surface area contributed by atoms with Crippen LogP contribution in [0.1, 0.15) is 12.8 Å². The SMILES string of the molecule is CSCCCCNC(=O)CS. The molecule has 0 unspecified atom stereocenters. The summed E-state index contributed by atoms with van der Waals surface area (Å²) >= 11 is 5.68. The average molecular weight is 193 g/mol. The Kier molecular flexibility index (Phi) is 8.40. The summed E-state index contributed by atoms with van der Waals surface area (Å²) in [5.74, 6) is 1.50. The van der Waals surface area contributed by atoms with Crippen molar-refractivity contribution in [3.8, 4) is 0 Å². The summed E-state index contributed by atoms with van der Waals surface area (Å²) < 4.78 is 0. The fourth-order valence-electron chi connectivity index (χ4n) is 0.655. The standard InChI is InChI=1S/C7H15NOS2/c1-11-5-3-2-4-8-7(9)6-10/h10H,2-6H2,1H3,(H,8,9). The summed E-state index contributed by atoms with van der Waals surface area (Å²) in [5.41, 5.74) is 0. The zero-order valence-electron chi connectivity index (χ0n) is 6.80. The monoisotopic (exact) mass is 193 g/mol. The molecule has 0 fully saturated rings. The molecule has 0 rings (SSSR count). The van der Waals surface area contributed by atoms with Crippen LogP contribution >= 0.6 is 24.4 Å². The molecule has 0 spiro atoms. The first kappa shape index (κ1) is 11.2. The summed E-state index contributed by atoms with van der Waals surface area (Å²) in [7, 11) is 0. The highest BCUT2D eigenvalue weighted by Crippen LogP contribution is 1.97. The topological polar surface area (TPSA) is 29.1 Å². The van der Waals surface area contributed by atoms with Crippen LogP contribution in [0.3, 0.4) is 0 Å². The largest absolute Gasteiger partial charge is 0.355 e. The molecular formula is C7H15NOS2. The number of thioether (sulfide) groups is 1. The fraction of sp³-hybridized carbons (Fsp3) is 0.857. The molecule has 0 aliphatic carbocycles. The van der Waals surface area contributed by atoms with E-state index in [2.05, 4.69) is 24.2 Å². The highest BCUT2D eigenvalue weighted by molar-refractivity contribution is 7.98. The zero-order valence-corrected chi connectivity index (χ0v) is 8.51. The van der Waals surface area contributed by atoms with Crippen molar-refractivity contribution in [2.45, 2.75) is 12.8 Å². The van der Waals surface area contributed by atoms with E-state index in [-0.39, 0.29) is 5.91 Å². The minimum Gasteiger partial charge on any atom is -0.355 e. The van der Waals surface area contributed by atoms with Crippen molar-refractivity contribution in [3.05, 3.63) is 0 Å². The van der Waals surface area contributed by atoms with Gasteiger partial charge < -0.3 is 5.32 Å². The third kappa shape index (κ3) is 8.07. The Morgan fingerprint density at radius 2 is 2.27 bits per heavy atom. The third-order valence-corrected chi connectivity index (χ3v) is 2.23. The second kappa shape index (κ2) is 8.27. The number of hydrogen-bond acceptors (Lipinski definition) is 3. The summed E-state index contributed by atoms with van der Waals surface area (Å²) in [6.07, 6.45) is 4.33. The van der Waals surface area contributed by atoms with E-state index in [1.165, 1.54) is 12.2 Å². The molecule has 0 atom stereocenters. The first-order valence-electron chi connectivity index (χ1n) is 3.67. The quantitative estimate of drug-likeness (QED) is 0.490. The van der Waals surface area contributed by atoms with E-state index in [1.54, 1.807) is 0 Å². The van der Waals surface area contributed by atoms with Gasteiger partial charge >= 0.3 is 0 Å². The summed E-state index contributed by atoms with van der Waals surface area (Å²) in [6, 6.07) is 0. The molecule has 0 saturated carbocycles. The van der Waals surface area contributed by atoms with Gasteiger partial charge in [-0.05, 0) is 24.9 Å². The van der Waals surface area contributed by atoms with Crippen LogP contribution in [0.15, 0.2) is 0 Å². The molecule has 0 aliphatic heterocycles. The molecule has 0 aromatic carbocycles. The molecule has 0 bridgehead atoms. The lowest BCUT2D eigenvalue weighted by atomic mass is 10.3. The molecule has 0 heterocycles. The number of carbonyl (C=O) groups excluding carboxylic acids is 1. The van der Waals surface area contributed by atoms with Gasteiger partial charge in [-0.2, -0.15) is 24.4 Å². The minimum absolute atomic E-state index is 0.0254. The maximum Gasteiger partial charge on any atom is 0.229 e. The van der Waals surface area contributed by atoms with Crippen LogP contribution in [-0.2, 0) is 4.79 Å². The maximum absolute atomic E-state index is 10.7. The highest BCUT2D eigenvalue weighted by Gasteiger charge is 1.94. The number of rotatable bonds is 6. The van der Waals surface area contributed by atoms with E-state index in [0.717, 1.165) is 13.0 Å². The van der Waals surface area contributed by atoms with Crippen molar-refractivity contribution in [3.63, 3.8) is 0 Å². The Hall–Kier alpha value is 0.170. The number of nitrogens with one attached hydrogen (secondary N) is 1. The van der Waals surface area contributed by atoms with E-state index >= 15 is 0 Å². The maximum atomic E-state index is 10.7. The van der Waals surface area contributed by atoms with Crippen LogP contribution in [0.4, 0.5) is 0 Å². The Balaban J connectivity index is 2.95. The van der Waals surface area contributed by atoms with Crippen molar-refractivity contribution in [1.82, 2.24) is 5.32 Å². The average Bonchev–Trinajstić information content (AvgIpc) is 2.04. The van der Waals surface area contributed by atoms with Crippen molar-refractivity contribution in [2.24, 2.45) is 0 Å². The smallest absolute Gasteiger partial charge is 0.229 e. The lowest BCUT2D eigenvalue weighted by molar-refractivity contribution is -0.118. The fourth-order valence-corrected chi connectivity index (χ4v) is 1.26. The Bertz CT molecular complexity index is 109. The van der Waals surface area contributed by atoms with Crippen LogP contribution in [0.25, 0.3) is 0 Å². The van der Waals surface area contributed by atoms with Crippen LogP contribution in [0.5, 0.6) is 0 Å². The van der Waals surface area contributed by atoms with E-state index in [1.807, 2.05) is 11.8 Å². The molecule has 66 valence electrons. The van der Waals surface area contributed by atoms with Gasteiger partial charge in [-0.25, -0.2) is 0 Å². The van der Waals surface area contributed by atoms with Gasteiger partial charge in [0, 0.05) is 6.54 Å². The second-order valence-corrected chi connectivity index (χ2v) is 3.51. The third-order valence-electron chi connectivity index (χ3n) is 1.24. The Morgan fingerprint density at radius 1 is 1.55 bits per heavy atom. The van der Waals surface area contributed by atoms with E-state index < -0.39 is 0 Å². The number of thiol groups is 1. The first-order valence-corrected chi connectivity index (χ1v) is 5.70. The van der Waals surface area contributed by atoms with Gasteiger partial charge in [0.15, 0.2) is 0 Å². The Labute approximate surface area is 77.9 Å². The van der Waals surface area contributed by atoms with Gasteiger partial charge in [-0.3, -0.25) is 4.79 Å². The van der Waals surface area contributed by atoms with Gasteiger partial charge in [0.2, 0.25) is 5.91 Å². The van der Waals surface area contributed by atoms with Crippen LogP contribution in [-0.4, -0.2) is 30.2 Å².